The Bertz CT molecular complexity index is 267. The van der Waals surface area contributed by atoms with Crippen molar-refractivity contribution in [3.8, 4) is 6.07 Å². The summed E-state index contributed by atoms with van der Waals surface area (Å²) < 4.78 is 0. The van der Waals surface area contributed by atoms with E-state index in [1.165, 1.54) is 32.5 Å². The van der Waals surface area contributed by atoms with Crippen molar-refractivity contribution in [3.05, 3.63) is 0 Å². The largest absolute Gasteiger partial charge is 0.316 e. The Balaban J connectivity index is 1.95. The maximum absolute atomic E-state index is 8.92. The molecule has 3 heteroatoms. The van der Waals surface area contributed by atoms with E-state index in [9.17, 15) is 0 Å². The summed E-state index contributed by atoms with van der Waals surface area (Å²) in [4.78, 5) is 2.53. The van der Waals surface area contributed by atoms with Crippen LogP contribution in [0.25, 0.3) is 0 Å². The van der Waals surface area contributed by atoms with Crippen LogP contribution < -0.4 is 5.32 Å². The van der Waals surface area contributed by atoms with Gasteiger partial charge in [-0.2, -0.15) is 5.26 Å². The maximum atomic E-state index is 8.92. The first kappa shape index (κ1) is 15.5. The predicted molar refractivity (Wildman–Crippen MR) is 76.3 cm³/mol. The molecule has 1 saturated heterocycles. The fourth-order valence-electron chi connectivity index (χ4n) is 2.55. The molecule has 1 aliphatic rings. The summed E-state index contributed by atoms with van der Waals surface area (Å²) in [6.07, 6.45) is 4.70. The number of nitriles is 1. The van der Waals surface area contributed by atoms with Crippen LogP contribution >= 0.6 is 0 Å². The molecule has 0 aliphatic carbocycles. The van der Waals surface area contributed by atoms with E-state index in [0.717, 1.165) is 31.8 Å². The van der Waals surface area contributed by atoms with Gasteiger partial charge >= 0.3 is 0 Å². The molecule has 0 aromatic rings. The van der Waals surface area contributed by atoms with Crippen molar-refractivity contribution in [3.63, 3.8) is 0 Å². The summed E-state index contributed by atoms with van der Waals surface area (Å²) in [5, 5.41) is 12.5. The molecule has 0 aromatic heterocycles. The molecule has 3 nitrogen and oxygen atoms in total. The number of unbranched alkanes of at least 4 members (excludes halogenated alkanes) is 1. The molecule has 1 rings (SSSR count). The van der Waals surface area contributed by atoms with Gasteiger partial charge in [0.2, 0.25) is 0 Å². The van der Waals surface area contributed by atoms with Crippen LogP contribution in [0, 0.1) is 22.7 Å². The van der Waals surface area contributed by atoms with Crippen LogP contribution in [0.1, 0.15) is 46.5 Å². The van der Waals surface area contributed by atoms with Crippen LogP contribution in [0.2, 0.25) is 0 Å². The molecule has 0 spiro atoms. The van der Waals surface area contributed by atoms with E-state index in [1.807, 2.05) is 13.8 Å². The number of likely N-dealkylation sites (tertiary alicyclic amines) is 1. The zero-order valence-corrected chi connectivity index (χ0v) is 12.3. The summed E-state index contributed by atoms with van der Waals surface area (Å²) in [6.45, 7) is 12.3. The molecular formula is C15H29N3. The van der Waals surface area contributed by atoms with Crippen LogP contribution in [-0.4, -0.2) is 37.6 Å². The first-order valence-corrected chi connectivity index (χ1v) is 7.41. The molecule has 1 N–H and O–H groups in total. The van der Waals surface area contributed by atoms with Gasteiger partial charge < -0.3 is 10.2 Å². The standard InChI is InChI=1S/C15H29N3/c1-4-18-10-7-14(12-18)11-17-9-6-5-8-15(2,3)13-16/h14,17H,4-12H2,1-3H3. The van der Waals surface area contributed by atoms with Gasteiger partial charge in [0.1, 0.15) is 0 Å². The molecule has 104 valence electrons. The minimum absolute atomic E-state index is 0.146. The van der Waals surface area contributed by atoms with Gasteiger partial charge in [-0.05, 0) is 65.2 Å². The molecule has 1 atom stereocenters. The summed E-state index contributed by atoms with van der Waals surface area (Å²) in [5.41, 5.74) is -0.146. The number of nitrogens with zero attached hydrogens (tertiary/aromatic N) is 2. The zero-order valence-electron chi connectivity index (χ0n) is 12.3. The van der Waals surface area contributed by atoms with Crippen molar-refractivity contribution in [1.29, 1.82) is 5.26 Å². The van der Waals surface area contributed by atoms with E-state index < -0.39 is 0 Å². The second-order valence-electron chi connectivity index (χ2n) is 6.20. The van der Waals surface area contributed by atoms with Gasteiger partial charge in [-0.3, -0.25) is 0 Å². The van der Waals surface area contributed by atoms with Gasteiger partial charge in [-0.25, -0.2) is 0 Å². The molecule has 0 saturated carbocycles. The second-order valence-corrected chi connectivity index (χ2v) is 6.20. The fourth-order valence-corrected chi connectivity index (χ4v) is 2.55. The number of hydrogen-bond donors (Lipinski definition) is 1. The molecule has 18 heavy (non-hydrogen) atoms. The van der Waals surface area contributed by atoms with Crippen molar-refractivity contribution in [2.24, 2.45) is 11.3 Å². The van der Waals surface area contributed by atoms with E-state index in [1.54, 1.807) is 0 Å². The highest BCUT2D eigenvalue weighted by atomic mass is 15.1. The highest BCUT2D eigenvalue weighted by Crippen LogP contribution is 2.21. The maximum Gasteiger partial charge on any atom is 0.0683 e. The first-order chi connectivity index (χ1) is 8.57. The van der Waals surface area contributed by atoms with Gasteiger partial charge in [0, 0.05) is 6.54 Å². The third-order valence-corrected chi connectivity index (χ3v) is 3.96. The summed E-state index contributed by atoms with van der Waals surface area (Å²) in [5.74, 6) is 0.848. The van der Waals surface area contributed by atoms with Crippen LogP contribution in [0.5, 0.6) is 0 Å². The average Bonchev–Trinajstić information content (AvgIpc) is 2.81. The minimum atomic E-state index is -0.146. The molecule has 1 unspecified atom stereocenters. The number of nitrogens with one attached hydrogen (secondary N) is 1. The van der Waals surface area contributed by atoms with E-state index in [2.05, 4.69) is 23.2 Å². The molecule has 0 amide bonds. The van der Waals surface area contributed by atoms with Gasteiger partial charge in [0.25, 0.3) is 0 Å². The molecule has 0 radical (unpaired) electrons. The number of hydrogen-bond acceptors (Lipinski definition) is 3. The Hall–Kier alpha value is -0.590. The molecule has 1 fully saturated rings. The Morgan fingerprint density at radius 3 is 2.78 bits per heavy atom. The third kappa shape index (κ3) is 5.84. The fraction of sp³-hybridized carbons (Fsp3) is 0.933. The Morgan fingerprint density at radius 2 is 2.17 bits per heavy atom. The third-order valence-electron chi connectivity index (χ3n) is 3.96. The SMILES string of the molecule is CCN1CCC(CNCCCCC(C)(C)C#N)C1. The Morgan fingerprint density at radius 1 is 1.39 bits per heavy atom. The van der Waals surface area contributed by atoms with Gasteiger partial charge in [0.15, 0.2) is 0 Å². The van der Waals surface area contributed by atoms with Crippen molar-refractivity contribution in [1.82, 2.24) is 10.2 Å². The van der Waals surface area contributed by atoms with E-state index in [-0.39, 0.29) is 5.41 Å². The predicted octanol–water partition coefficient (Wildman–Crippen LogP) is 2.64. The normalized spacial score (nSPS) is 21.1. The smallest absolute Gasteiger partial charge is 0.0683 e. The average molecular weight is 251 g/mol. The lowest BCUT2D eigenvalue weighted by atomic mass is 9.89. The highest BCUT2D eigenvalue weighted by molar-refractivity contribution is 4.91. The lowest BCUT2D eigenvalue weighted by Crippen LogP contribution is -2.27. The van der Waals surface area contributed by atoms with Crippen LogP contribution in [-0.2, 0) is 0 Å². The molecule has 0 aromatic carbocycles. The molecular weight excluding hydrogens is 222 g/mol. The van der Waals surface area contributed by atoms with E-state index in [4.69, 9.17) is 5.26 Å². The van der Waals surface area contributed by atoms with Crippen LogP contribution in [0.3, 0.4) is 0 Å². The first-order valence-electron chi connectivity index (χ1n) is 7.41. The quantitative estimate of drug-likeness (QED) is 0.674. The summed E-state index contributed by atoms with van der Waals surface area (Å²) in [6, 6.07) is 2.36. The monoisotopic (exact) mass is 251 g/mol. The zero-order chi connectivity index (χ0) is 13.4. The van der Waals surface area contributed by atoms with Gasteiger partial charge in [-0.15, -0.1) is 0 Å². The second kappa shape index (κ2) is 7.76. The minimum Gasteiger partial charge on any atom is -0.316 e. The van der Waals surface area contributed by atoms with Crippen LogP contribution in [0.4, 0.5) is 0 Å². The van der Waals surface area contributed by atoms with Gasteiger partial charge in [-0.1, -0.05) is 13.3 Å². The van der Waals surface area contributed by atoms with Crippen LogP contribution in [0.15, 0.2) is 0 Å². The lowest BCUT2D eigenvalue weighted by Gasteiger charge is -2.15. The number of rotatable bonds is 8. The molecule has 1 heterocycles. The summed E-state index contributed by atoms with van der Waals surface area (Å²) >= 11 is 0. The van der Waals surface area contributed by atoms with E-state index >= 15 is 0 Å². The Kier molecular flexibility index (Phi) is 6.67. The topological polar surface area (TPSA) is 39.1 Å². The highest BCUT2D eigenvalue weighted by Gasteiger charge is 2.20. The Labute approximate surface area is 113 Å². The van der Waals surface area contributed by atoms with Crippen molar-refractivity contribution in [2.45, 2.75) is 46.5 Å². The lowest BCUT2D eigenvalue weighted by molar-refractivity contribution is 0.338. The van der Waals surface area contributed by atoms with Gasteiger partial charge in [0.05, 0.1) is 11.5 Å². The summed E-state index contributed by atoms with van der Waals surface area (Å²) in [7, 11) is 0. The molecule has 0 bridgehead atoms. The van der Waals surface area contributed by atoms with Crippen molar-refractivity contribution >= 4 is 0 Å². The van der Waals surface area contributed by atoms with Crippen molar-refractivity contribution in [2.75, 3.05) is 32.7 Å². The molecule has 1 aliphatic heterocycles. The van der Waals surface area contributed by atoms with E-state index in [0.29, 0.717) is 0 Å². The van der Waals surface area contributed by atoms with Crippen molar-refractivity contribution < 1.29 is 0 Å².